The van der Waals surface area contributed by atoms with E-state index < -0.39 is 5.97 Å². The Morgan fingerprint density at radius 1 is 1.04 bits per heavy atom. The number of carboxylic acid groups (broad SMARTS) is 1. The highest BCUT2D eigenvalue weighted by Gasteiger charge is 2.18. The molecule has 0 radical (unpaired) electrons. The molecule has 0 amide bonds. The van der Waals surface area contributed by atoms with Gasteiger partial charge in [-0.2, -0.15) is 0 Å². The van der Waals surface area contributed by atoms with Crippen LogP contribution in [0.1, 0.15) is 35.3 Å². The van der Waals surface area contributed by atoms with Crippen molar-refractivity contribution in [2.45, 2.75) is 20.0 Å². The Balaban J connectivity index is 2.45. The number of carboxylic acids is 1. The van der Waals surface area contributed by atoms with Gasteiger partial charge in [-0.25, -0.2) is 4.79 Å². The fraction of sp³-hybridized carbons (Fsp3) is 0.167. The molecule has 5 heteroatoms. The van der Waals surface area contributed by atoms with Gasteiger partial charge >= 0.3 is 5.97 Å². The molecule has 0 aliphatic rings. The number of hydrogen-bond donors (Lipinski definition) is 3. The highest BCUT2D eigenvalue weighted by atomic mass is 16.5. The van der Waals surface area contributed by atoms with Crippen molar-refractivity contribution in [3.05, 3.63) is 53.1 Å². The Labute approximate surface area is 134 Å². The first-order valence-electron chi connectivity index (χ1n) is 7.11. The number of carbonyl (C=O) groups is 1. The second kappa shape index (κ2) is 6.87. The molecule has 23 heavy (non-hydrogen) atoms. The van der Waals surface area contributed by atoms with Gasteiger partial charge < -0.3 is 20.1 Å². The van der Waals surface area contributed by atoms with E-state index in [1.54, 1.807) is 38.1 Å². The van der Waals surface area contributed by atoms with E-state index in [0.717, 1.165) is 5.56 Å². The van der Waals surface area contributed by atoms with Gasteiger partial charge in [-0.1, -0.05) is 24.3 Å². The first kappa shape index (κ1) is 16.4. The van der Waals surface area contributed by atoms with E-state index in [-0.39, 0.29) is 28.9 Å². The van der Waals surface area contributed by atoms with Gasteiger partial charge in [0, 0.05) is 6.07 Å². The third-order valence-electron chi connectivity index (χ3n) is 3.04. The number of benzene rings is 2. The third kappa shape index (κ3) is 4.26. The minimum absolute atomic E-state index is 0.00784. The molecule has 0 heterocycles. The zero-order chi connectivity index (χ0) is 17.0. The maximum Gasteiger partial charge on any atom is 0.340 e. The van der Waals surface area contributed by atoms with Gasteiger partial charge in [-0.05, 0) is 43.2 Å². The molecule has 120 valence electrons. The standard InChI is InChI=1S/C18H18O5/c1-11(2)23-16-10-15(20)9-13(17(16)18(21)22)6-3-12-4-7-14(19)8-5-12/h3-11,19-20H,1-2H3,(H,21,22)/b6-3+. The quantitative estimate of drug-likeness (QED) is 0.732. The third-order valence-corrected chi connectivity index (χ3v) is 3.04. The van der Waals surface area contributed by atoms with Gasteiger partial charge in [0.25, 0.3) is 0 Å². The molecule has 0 saturated carbocycles. The van der Waals surface area contributed by atoms with Crippen LogP contribution in [0.25, 0.3) is 12.2 Å². The zero-order valence-corrected chi connectivity index (χ0v) is 12.9. The average molecular weight is 314 g/mol. The normalized spacial score (nSPS) is 11.1. The van der Waals surface area contributed by atoms with Crippen LogP contribution >= 0.6 is 0 Å². The van der Waals surface area contributed by atoms with Crippen molar-refractivity contribution >= 4 is 18.1 Å². The van der Waals surface area contributed by atoms with Crippen molar-refractivity contribution in [1.29, 1.82) is 0 Å². The maximum atomic E-state index is 11.6. The zero-order valence-electron chi connectivity index (χ0n) is 12.9. The molecule has 2 aromatic carbocycles. The molecule has 3 N–H and O–H groups in total. The molecular weight excluding hydrogens is 296 g/mol. The summed E-state index contributed by atoms with van der Waals surface area (Å²) < 4.78 is 5.49. The van der Waals surface area contributed by atoms with Crippen LogP contribution in [0.5, 0.6) is 17.2 Å². The van der Waals surface area contributed by atoms with E-state index in [9.17, 15) is 20.1 Å². The molecular formula is C18H18O5. The number of aromatic carboxylic acids is 1. The minimum atomic E-state index is -1.13. The molecule has 2 rings (SSSR count). The summed E-state index contributed by atoms with van der Waals surface area (Å²) in [7, 11) is 0. The highest BCUT2D eigenvalue weighted by molar-refractivity contribution is 5.97. The first-order valence-corrected chi connectivity index (χ1v) is 7.11. The Morgan fingerprint density at radius 2 is 1.70 bits per heavy atom. The summed E-state index contributed by atoms with van der Waals surface area (Å²) in [6, 6.07) is 9.12. The monoisotopic (exact) mass is 314 g/mol. The Hall–Kier alpha value is -2.95. The molecule has 0 unspecified atom stereocenters. The molecule has 0 aromatic heterocycles. The van der Waals surface area contributed by atoms with Gasteiger partial charge in [-0.15, -0.1) is 0 Å². The van der Waals surface area contributed by atoms with Crippen LogP contribution in [-0.4, -0.2) is 27.4 Å². The number of hydrogen-bond acceptors (Lipinski definition) is 4. The number of aromatic hydroxyl groups is 2. The van der Waals surface area contributed by atoms with Crippen molar-refractivity contribution in [2.75, 3.05) is 0 Å². The lowest BCUT2D eigenvalue weighted by molar-refractivity contribution is 0.0690. The molecule has 0 aliphatic carbocycles. The molecule has 0 atom stereocenters. The highest BCUT2D eigenvalue weighted by Crippen LogP contribution is 2.30. The second-order valence-electron chi connectivity index (χ2n) is 5.30. The van der Waals surface area contributed by atoms with E-state index >= 15 is 0 Å². The lowest BCUT2D eigenvalue weighted by Crippen LogP contribution is -2.11. The van der Waals surface area contributed by atoms with Crippen LogP contribution in [0.4, 0.5) is 0 Å². The summed E-state index contributed by atoms with van der Waals surface area (Å²) in [5, 5.41) is 28.5. The largest absolute Gasteiger partial charge is 0.508 e. The van der Waals surface area contributed by atoms with E-state index in [4.69, 9.17) is 4.74 Å². The van der Waals surface area contributed by atoms with E-state index in [1.807, 2.05) is 0 Å². The number of rotatable bonds is 5. The van der Waals surface area contributed by atoms with Crippen LogP contribution in [0.3, 0.4) is 0 Å². The fourth-order valence-corrected chi connectivity index (χ4v) is 2.10. The summed E-state index contributed by atoms with van der Waals surface area (Å²) in [6.07, 6.45) is 3.06. The molecule has 0 bridgehead atoms. The number of ether oxygens (including phenoxy) is 1. The molecule has 0 saturated heterocycles. The number of phenols is 2. The maximum absolute atomic E-state index is 11.6. The summed E-state index contributed by atoms with van der Waals surface area (Å²) in [5.41, 5.74) is 1.11. The predicted octanol–water partition coefficient (Wildman–Crippen LogP) is 3.75. The van der Waals surface area contributed by atoms with Crippen LogP contribution < -0.4 is 4.74 Å². The van der Waals surface area contributed by atoms with Gasteiger partial charge in [-0.3, -0.25) is 0 Å². The van der Waals surface area contributed by atoms with E-state index in [1.165, 1.54) is 24.3 Å². The smallest absolute Gasteiger partial charge is 0.340 e. The summed E-state index contributed by atoms with van der Waals surface area (Å²) in [4.78, 5) is 11.6. The molecule has 0 spiro atoms. The Bertz CT molecular complexity index is 730. The van der Waals surface area contributed by atoms with Crippen molar-refractivity contribution in [1.82, 2.24) is 0 Å². The predicted molar refractivity (Wildman–Crippen MR) is 87.9 cm³/mol. The van der Waals surface area contributed by atoms with Crippen LogP contribution in [0, 0.1) is 0 Å². The average Bonchev–Trinajstić information content (AvgIpc) is 2.45. The second-order valence-corrected chi connectivity index (χ2v) is 5.30. The topological polar surface area (TPSA) is 87.0 Å². The van der Waals surface area contributed by atoms with Gasteiger partial charge in [0.05, 0.1) is 6.10 Å². The van der Waals surface area contributed by atoms with Gasteiger partial charge in [0.2, 0.25) is 0 Å². The Kier molecular flexibility index (Phi) is 4.91. The van der Waals surface area contributed by atoms with Crippen LogP contribution in [0.15, 0.2) is 36.4 Å². The van der Waals surface area contributed by atoms with E-state index in [2.05, 4.69) is 0 Å². The fourth-order valence-electron chi connectivity index (χ4n) is 2.10. The lowest BCUT2D eigenvalue weighted by Gasteiger charge is -2.14. The van der Waals surface area contributed by atoms with Crippen molar-refractivity contribution in [3.63, 3.8) is 0 Å². The van der Waals surface area contributed by atoms with Crippen molar-refractivity contribution in [3.8, 4) is 17.2 Å². The van der Waals surface area contributed by atoms with Gasteiger partial charge in [0.15, 0.2) is 0 Å². The lowest BCUT2D eigenvalue weighted by atomic mass is 10.0. The van der Waals surface area contributed by atoms with Crippen LogP contribution in [0.2, 0.25) is 0 Å². The van der Waals surface area contributed by atoms with Crippen molar-refractivity contribution in [2.24, 2.45) is 0 Å². The first-order chi connectivity index (χ1) is 10.9. The molecule has 2 aromatic rings. The SMILES string of the molecule is CC(C)Oc1cc(O)cc(/C=C/c2ccc(O)cc2)c1C(=O)O. The summed E-state index contributed by atoms with van der Waals surface area (Å²) in [6.45, 7) is 3.56. The minimum Gasteiger partial charge on any atom is -0.508 e. The Morgan fingerprint density at radius 3 is 2.26 bits per heavy atom. The van der Waals surface area contributed by atoms with Gasteiger partial charge in [0.1, 0.15) is 22.8 Å². The summed E-state index contributed by atoms with van der Waals surface area (Å²) in [5.74, 6) is -0.932. The van der Waals surface area contributed by atoms with Crippen LogP contribution in [-0.2, 0) is 0 Å². The summed E-state index contributed by atoms with van der Waals surface area (Å²) >= 11 is 0. The molecule has 0 aliphatic heterocycles. The molecule has 0 fully saturated rings. The van der Waals surface area contributed by atoms with Crippen molar-refractivity contribution < 1.29 is 24.9 Å². The van der Waals surface area contributed by atoms with E-state index in [0.29, 0.717) is 5.56 Å². The molecule has 5 nitrogen and oxygen atoms in total. The number of phenolic OH excluding ortho intramolecular Hbond substituents is 2.